The van der Waals surface area contributed by atoms with Crippen molar-refractivity contribution in [1.82, 2.24) is 24.9 Å². The van der Waals surface area contributed by atoms with E-state index in [2.05, 4.69) is 30.2 Å². The van der Waals surface area contributed by atoms with Gasteiger partial charge in [-0.2, -0.15) is 5.26 Å². The quantitative estimate of drug-likeness (QED) is 0.654. The summed E-state index contributed by atoms with van der Waals surface area (Å²) in [7, 11) is 0. The molecule has 0 aliphatic carbocycles. The number of nitrogens with zero attached hydrogens (tertiary/aromatic N) is 6. The third-order valence-corrected chi connectivity index (χ3v) is 4.38. The molecule has 0 aliphatic rings. The van der Waals surface area contributed by atoms with E-state index in [0.29, 0.717) is 17.3 Å². The van der Waals surface area contributed by atoms with E-state index in [0.717, 1.165) is 0 Å². The molecule has 29 heavy (non-hydrogen) atoms. The lowest BCUT2D eigenvalue weighted by atomic mass is 9.81. The van der Waals surface area contributed by atoms with E-state index in [1.807, 2.05) is 6.07 Å². The maximum absolute atomic E-state index is 14.3. The summed E-state index contributed by atoms with van der Waals surface area (Å²) in [5.41, 5.74) is 0.0794. The Balaban J connectivity index is 1.78. The number of pyridine rings is 1. The van der Waals surface area contributed by atoms with Crippen molar-refractivity contribution in [3.05, 3.63) is 60.2 Å². The zero-order valence-electron chi connectivity index (χ0n) is 16.0. The molecule has 148 valence electrons. The molecule has 0 radical (unpaired) electrons. The lowest BCUT2D eigenvalue weighted by molar-refractivity contribution is 0.267. The molecule has 3 rings (SSSR count). The van der Waals surface area contributed by atoms with Gasteiger partial charge in [0.25, 0.3) is 0 Å². The Morgan fingerprint density at radius 2 is 1.93 bits per heavy atom. The van der Waals surface area contributed by atoms with E-state index in [-0.39, 0.29) is 24.4 Å². The number of nitrogens with one attached hydrogen (secondary N) is 1. The Bertz CT molecular complexity index is 1020. The van der Waals surface area contributed by atoms with Gasteiger partial charge in [0.2, 0.25) is 5.95 Å². The summed E-state index contributed by atoms with van der Waals surface area (Å²) < 4.78 is 28.1. The summed E-state index contributed by atoms with van der Waals surface area (Å²) >= 11 is 0. The minimum Gasteiger partial charge on any atom is -0.353 e. The van der Waals surface area contributed by atoms with Crippen LogP contribution in [0.2, 0.25) is 0 Å². The number of halogens is 2. The highest BCUT2D eigenvalue weighted by Crippen LogP contribution is 2.30. The van der Waals surface area contributed by atoms with E-state index in [1.165, 1.54) is 49.9 Å². The van der Waals surface area contributed by atoms with Crippen molar-refractivity contribution >= 4 is 5.95 Å². The highest BCUT2D eigenvalue weighted by atomic mass is 19.1. The van der Waals surface area contributed by atoms with Gasteiger partial charge in [-0.1, -0.05) is 6.92 Å². The Labute approximate surface area is 166 Å². The Morgan fingerprint density at radius 3 is 2.59 bits per heavy atom. The van der Waals surface area contributed by atoms with Gasteiger partial charge < -0.3 is 5.32 Å². The molecular weight excluding hydrogens is 376 g/mol. The number of hydrogen-bond acceptors (Lipinski definition) is 7. The number of anilines is 1. The molecule has 2 atom stereocenters. The van der Waals surface area contributed by atoms with Gasteiger partial charge in [0, 0.05) is 36.7 Å². The molecule has 0 aliphatic heterocycles. The van der Waals surface area contributed by atoms with Crippen LogP contribution in [0.3, 0.4) is 0 Å². The fourth-order valence-electron chi connectivity index (χ4n) is 3.07. The SMILES string of the molecule is C[C@@H](F)C[C@](C)(CNc1ncc(-c2nccc(C#N)n2)cn1)c1ncccc1F. The van der Waals surface area contributed by atoms with Crippen LogP contribution in [0.25, 0.3) is 11.4 Å². The number of rotatable bonds is 7. The smallest absolute Gasteiger partial charge is 0.222 e. The van der Waals surface area contributed by atoms with Crippen LogP contribution in [0.4, 0.5) is 14.7 Å². The second-order valence-electron chi connectivity index (χ2n) is 6.91. The highest BCUT2D eigenvalue weighted by Gasteiger charge is 2.33. The molecule has 0 amide bonds. The average Bonchev–Trinajstić information content (AvgIpc) is 2.72. The first-order chi connectivity index (χ1) is 13.9. The van der Waals surface area contributed by atoms with Crippen molar-refractivity contribution < 1.29 is 8.78 Å². The van der Waals surface area contributed by atoms with E-state index in [9.17, 15) is 8.78 Å². The predicted molar refractivity (Wildman–Crippen MR) is 103 cm³/mol. The van der Waals surface area contributed by atoms with Crippen LogP contribution in [-0.4, -0.2) is 37.6 Å². The summed E-state index contributed by atoms with van der Waals surface area (Å²) in [5.74, 6) is 0.143. The number of nitriles is 1. The third-order valence-electron chi connectivity index (χ3n) is 4.38. The summed E-state index contributed by atoms with van der Waals surface area (Å²) in [6, 6.07) is 6.26. The minimum atomic E-state index is -1.14. The Morgan fingerprint density at radius 1 is 1.17 bits per heavy atom. The Kier molecular flexibility index (Phi) is 6.02. The van der Waals surface area contributed by atoms with Crippen molar-refractivity contribution in [2.24, 2.45) is 0 Å². The van der Waals surface area contributed by atoms with Crippen LogP contribution in [0.15, 0.2) is 43.0 Å². The van der Waals surface area contributed by atoms with Gasteiger partial charge in [-0.3, -0.25) is 4.98 Å². The Hall–Kier alpha value is -3.54. The highest BCUT2D eigenvalue weighted by molar-refractivity contribution is 5.53. The van der Waals surface area contributed by atoms with Gasteiger partial charge in [0.1, 0.15) is 17.6 Å². The van der Waals surface area contributed by atoms with Crippen molar-refractivity contribution in [3.63, 3.8) is 0 Å². The summed E-state index contributed by atoms with van der Waals surface area (Å²) in [4.78, 5) is 20.7. The second kappa shape index (κ2) is 8.65. The van der Waals surface area contributed by atoms with Gasteiger partial charge in [0.15, 0.2) is 5.82 Å². The lowest BCUT2D eigenvalue weighted by Gasteiger charge is -2.30. The van der Waals surface area contributed by atoms with Crippen LogP contribution in [0.5, 0.6) is 0 Å². The molecule has 7 nitrogen and oxygen atoms in total. The summed E-state index contributed by atoms with van der Waals surface area (Å²) in [5, 5.41) is 12.0. The third kappa shape index (κ3) is 4.85. The molecule has 3 aromatic rings. The molecule has 0 saturated heterocycles. The first-order valence-corrected chi connectivity index (χ1v) is 8.96. The van der Waals surface area contributed by atoms with Crippen LogP contribution >= 0.6 is 0 Å². The van der Waals surface area contributed by atoms with Gasteiger partial charge in [-0.15, -0.1) is 0 Å². The zero-order chi connectivity index (χ0) is 20.9. The number of alkyl halides is 1. The first-order valence-electron chi connectivity index (χ1n) is 8.96. The maximum atomic E-state index is 14.3. The van der Waals surface area contributed by atoms with Crippen molar-refractivity contribution in [3.8, 4) is 17.5 Å². The lowest BCUT2D eigenvalue weighted by Crippen LogP contribution is -2.36. The van der Waals surface area contributed by atoms with E-state index >= 15 is 0 Å². The minimum absolute atomic E-state index is 0.0841. The van der Waals surface area contributed by atoms with Crippen molar-refractivity contribution in [2.45, 2.75) is 31.9 Å². The van der Waals surface area contributed by atoms with E-state index in [1.54, 1.807) is 6.92 Å². The van der Waals surface area contributed by atoms with E-state index in [4.69, 9.17) is 5.26 Å². The largest absolute Gasteiger partial charge is 0.353 e. The molecular formula is C20H19F2N7. The van der Waals surface area contributed by atoms with Crippen LogP contribution in [0, 0.1) is 17.1 Å². The second-order valence-corrected chi connectivity index (χ2v) is 6.91. The standard InChI is InChI=1S/C20H19F2N7/c1-13(21)8-20(2,17-16(22)4-3-6-24-17)12-28-19-26-10-14(11-27-19)18-25-7-5-15(9-23)29-18/h3-7,10-11,13H,8,12H2,1-2H3,(H,26,27,28)/t13-,20-/m1/s1. The average molecular weight is 395 g/mol. The van der Waals surface area contributed by atoms with E-state index < -0.39 is 17.4 Å². The van der Waals surface area contributed by atoms with Gasteiger partial charge >= 0.3 is 0 Å². The number of hydrogen-bond donors (Lipinski definition) is 1. The molecule has 9 heteroatoms. The predicted octanol–water partition coefficient (Wildman–Crippen LogP) is 3.46. The molecule has 3 aromatic heterocycles. The molecule has 0 aromatic carbocycles. The van der Waals surface area contributed by atoms with Crippen LogP contribution in [0.1, 0.15) is 31.7 Å². The molecule has 0 saturated carbocycles. The summed E-state index contributed by atoms with van der Waals surface area (Å²) in [6.45, 7) is 3.37. The van der Waals surface area contributed by atoms with Gasteiger partial charge in [0.05, 0.1) is 17.4 Å². The monoisotopic (exact) mass is 395 g/mol. The first kappa shape index (κ1) is 20.2. The van der Waals surface area contributed by atoms with Crippen molar-refractivity contribution in [1.29, 1.82) is 5.26 Å². The molecule has 1 N–H and O–H groups in total. The normalized spacial score (nSPS) is 13.9. The molecule has 0 fully saturated rings. The fourth-order valence-corrected chi connectivity index (χ4v) is 3.07. The van der Waals surface area contributed by atoms with Crippen LogP contribution in [-0.2, 0) is 5.41 Å². The van der Waals surface area contributed by atoms with Gasteiger partial charge in [-0.05, 0) is 31.5 Å². The van der Waals surface area contributed by atoms with Crippen molar-refractivity contribution in [2.75, 3.05) is 11.9 Å². The topological polar surface area (TPSA) is 100 Å². The molecule has 0 unspecified atom stereocenters. The molecule has 0 bridgehead atoms. The maximum Gasteiger partial charge on any atom is 0.222 e. The van der Waals surface area contributed by atoms with Gasteiger partial charge in [-0.25, -0.2) is 28.7 Å². The fraction of sp³-hybridized carbons (Fsp3) is 0.300. The zero-order valence-corrected chi connectivity index (χ0v) is 16.0. The summed E-state index contributed by atoms with van der Waals surface area (Å²) in [6.07, 6.45) is 4.94. The number of aromatic nitrogens is 5. The molecule has 0 spiro atoms. The van der Waals surface area contributed by atoms with Crippen LogP contribution < -0.4 is 5.32 Å². The molecule has 3 heterocycles.